The van der Waals surface area contributed by atoms with Crippen molar-refractivity contribution < 1.29 is 57.4 Å². The Hall–Kier alpha value is -1.63. The van der Waals surface area contributed by atoms with Crippen LogP contribution in [0.2, 0.25) is 0 Å². The number of hydrogen-bond acceptors (Lipinski definition) is 10. The van der Waals surface area contributed by atoms with Gasteiger partial charge < -0.3 is 34.2 Å². The van der Waals surface area contributed by atoms with E-state index in [0.29, 0.717) is 36.7 Å². The minimum atomic E-state index is -4.42. The fraction of sp³-hybridized carbons (Fsp3) is 0.857. The molecule has 0 amide bonds. The Labute approximate surface area is 333 Å². The quantitative estimate of drug-likeness (QED) is 0.0164. The molecular weight excluding hydrogens is 725 g/mol. The largest absolute Gasteiger partial charge is 0.472 e. The Morgan fingerprint density at radius 3 is 2.07 bits per heavy atom. The highest BCUT2D eigenvalue weighted by Crippen LogP contribution is 2.43. The molecule has 1 saturated carbocycles. The van der Waals surface area contributed by atoms with E-state index >= 15 is 0 Å². The number of ether oxygens (including phenoxy) is 2. The molecule has 0 aromatic carbocycles. The van der Waals surface area contributed by atoms with Crippen LogP contribution >= 0.6 is 7.82 Å². The summed E-state index contributed by atoms with van der Waals surface area (Å²) in [6.45, 7) is 4.02. The summed E-state index contributed by atoms with van der Waals surface area (Å²) in [4.78, 5) is 35.5. The topological polar surface area (TPSA) is 169 Å². The molecule has 0 spiro atoms. The maximum Gasteiger partial charge on any atom is 0.472 e. The molecule has 1 aliphatic rings. The summed E-state index contributed by atoms with van der Waals surface area (Å²) in [6.07, 6.45) is 23.0. The Bertz CT molecular complexity index is 1110. The number of phosphoric acid groups is 1. The summed E-state index contributed by atoms with van der Waals surface area (Å²) in [5, 5.41) is 31.4. The maximum absolute atomic E-state index is 12.7. The van der Waals surface area contributed by atoms with Gasteiger partial charge in [0.15, 0.2) is 6.10 Å². The van der Waals surface area contributed by atoms with Crippen LogP contribution < -0.4 is 0 Å². The predicted molar refractivity (Wildman–Crippen MR) is 217 cm³/mol. The van der Waals surface area contributed by atoms with Gasteiger partial charge in [-0.15, -0.1) is 0 Å². The van der Waals surface area contributed by atoms with Crippen molar-refractivity contribution in [3.05, 3.63) is 24.3 Å². The van der Waals surface area contributed by atoms with Crippen molar-refractivity contribution in [1.29, 1.82) is 0 Å². The van der Waals surface area contributed by atoms with Gasteiger partial charge in [0.1, 0.15) is 19.8 Å². The number of carbonyl (C=O) groups is 2. The van der Waals surface area contributed by atoms with Gasteiger partial charge in [0, 0.05) is 25.2 Å². The zero-order chi connectivity index (χ0) is 41.0. The van der Waals surface area contributed by atoms with Crippen LogP contribution in [0.1, 0.15) is 149 Å². The van der Waals surface area contributed by atoms with Gasteiger partial charge in [-0.05, 0) is 50.9 Å². The molecule has 4 N–H and O–H groups in total. The normalized spacial score (nSPS) is 21.3. The van der Waals surface area contributed by atoms with Crippen LogP contribution in [0.15, 0.2) is 24.3 Å². The number of rotatable bonds is 34. The van der Waals surface area contributed by atoms with E-state index in [1.807, 2.05) is 27.2 Å². The van der Waals surface area contributed by atoms with E-state index in [9.17, 15) is 34.4 Å². The summed E-state index contributed by atoms with van der Waals surface area (Å²) in [5.74, 6) is -1.22. The molecule has 12 nitrogen and oxygen atoms in total. The third-order valence-electron chi connectivity index (χ3n) is 10.1. The zero-order valence-corrected chi connectivity index (χ0v) is 35.9. The van der Waals surface area contributed by atoms with Crippen LogP contribution in [0.25, 0.3) is 0 Å². The molecule has 0 bridgehead atoms. The lowest BCUT2D eigenvalue weighted by Gasteiger charge is -2.24. The Morgan fingerprint density at radius 2 is 1.40 bits per heavy atom. The summed E-state index contributed by atoms with van der Waals surface area (Å²) >= 11 is 0. The first-order valence-corrected chi connectivity index (χ1v) is 22.8. The smallest absolute Gasteiger partial charge is 0.462 e. The number of unbranched alkanes of at least 4 members (excludes halogenated alkanes) is 12. The first-order valence-electron chi connectivity index (χ1n) is 21.3. The second-order valence-electron chi connectivity index (χ2n) is 16.3. The average Bonchev–Trinajstić information content (AvgIpc) is 3.39. The Morgan fingerprint density at radius 1 is 0.782 bits per heavy atom. The molecule has 0 aromatic rings. The van der Waals surface area contributed by atoms with Crippen molar-refractivity contribution in [2.45, 2.75) is 173 Å². The minimum absolute atomic E-state index is 0.00396. The van der Waals surface area contributed by atoms with Crippen LogP contribution in [0, 0.1) is 11.8 Å². The van der Waals surface area contributed by atoms with Crippen LogP contribution in [0.5, 0.6) is 0 Å². The first kappa shape index (κ1) is 51.4. The Balaban J connectivity index is 2.50. The molecule has 1 rings (SSSR count). The highest BCUT2D eigenvalue weighted by molar-refractivity contribution is 7.47. The molecule has 0 aliphatic heterocycles. The fourth-order valence-corrected chi connectivity index (χ4v) is 7.36. The van der Waals surface area contributed by atoms with Crippen LogP contribution in [0.4, 0.5) is 0 Å². The lowest BCUT2D eigenvalue weighted by molar-refractivity contribution is -0.870. The molecule has 0 aromatic heterocycles. The Kier molecular flexibility index (Phi) is 28.4. The molecule has 0 heterocycles. The number of quaternary nitrogens is 1. The van der Waals surface area contributed by atoms with E-state index in [2.05, 4.69) is 26.0 Å². The van der Waals surface area contributed by atoms with Gasteiger partial charge in [0.05, 0.1) is 46.1 Å². The predicted octanol–water partition coefficient (Wildman–Crippen LogP) is 7.95. The average molecular weight is 805 g/mol. The minimum Gasteiger partial charge on any atom is -0.462 e. The van der Waals surface area contributed by atoms with Gasteiger partial charge in [-0.1, -0.05) is 109 Å². The molecule has 322 valence electrons. The molecule has 0 radical (unpaired) electrons. The second-order valence-corrected chi connectivity index (χ2v) is 17.8. The third kappa shape index (κ3) is 27.6. The zero-order valence-electron chi connectivity index (χ0n) is 35.0. The van der Waals surface area contributed by atoms with E-state index in [4.69, 9.17) is 18.5 Å². The molecule has 1 unspecified atom stereocenters. The van der Waals surface area contributed by atoms with E-state index in [-0.39, 0.29) is 37.9 Å². The standard InChI is InChI=1S/C42H78NO11P/c1-6-8-10-11-12-13-14-15-16-17-23-27-42(48)54-36(34-53-55(49,50)52-31-30-43(3,4)5)33-51-41(47)26-22-19-18-21-25-37-38(40(46)32-39(37)45)29-28-35(44)24-20-9-7-2/h11-12,28-29,35-40,44-46H,6-10,13-27,30-34H2,1-5H3/p+1/b12-11-,29-28+/t35-,36+,37+,38+,39-,40+/m0/s1. The summed E-state index contributed by atoms with van der Waals surface area (Å²) < 4.78 is 34.2. The number of nitrogens with zero attached hydrogens (tertiary/aromatic N) is 1. The number of aliphatic hydroxyl groups is 3. The summed E-state index contributed by atoms with van der Waals surface area (Å²) in [6, 6.07) is 0. The van der Waals surface area contributed by atoms with E-state index in [1.54, 1.807) is 6.08 Å². The molecule has 0 saturated heterocycles. The molecule has 7 atom stereocenters. The van der Waals surface area contributed by atoms with E-state index in [1.165, 1.54) is 12.8 Å². The van der Waals surface area contributed by atoms with Gasteiger partial charge >= 0.3 is 19.8 Å². The monoisotopic (exact) mass is 805 g/mol. The SMILES string of the molecule is CCCC/C=C\CCCCCCCC(=O)O[C@H](COC(=O)CCCCCC[C@@H]1[C@@H](/C=C/[C@@H](O)CCCCC)[C@H](O)C[C@@H]1O)COP(=O)(O)OCC[N+](C)(C)C. The number of allylic oxidation sites excluding steroid dienone is 2. The third-order valence-corrected chi connectivity index (χ3v) is 11.0. The number of esters is 2. The van der Waals surface area contributed by atoms with Gasteiger partial charge in [-0.3, -0.25) is 18.6 Å². The van der Waals surface area contributed by atoms with Gasteiger partial charge in [0.25, 0.3) is 0 Å². The van der Waals surface area contributed by atoms with Crippen LogP contribution in [0.3, 0.4) is 0 Å². The van der Waals surface area contributed by atoms with Crippen molar-refractivity contribution in [2.75, 3.05) is 47.5 Å². The van der Waals surface area contributed by atoms with Crippen molar-refractivity contribution >= 4 is 19.8 Å². The van der Waals surface area contributed by atoms with Crippen molar-refractivity contribution in [3.63, 3.8) is 0 Å². The van der Waals surface area contributed by atoms with Crippen LogP contribution in [-0.4, -0.2) is 109 Å². The number of likely N-dealkylation sites (N-methyl/N-ethyl adjacent to an activating group) is 1. The lowest BCUT2D eigenvalue weighted by Crippen LogP contribution is -2.37. The van der Waals surface area contributed by atoms with Gasteiger partial charge in [-0.25, -0.2) is 4.57 Å². The van der Waals surface area contributed by atoms with Crippen molar-refractivity contribution in [3.8, 4) is 0 Å². The van der Waals surface area contributed by atoms with Crippen molar-refractivity contribution in [2.24, 2.45) is 11.8 Å². The van der Waals surface area contributed by atoms with Gasteiger partial charge in [0.2, 0.25) is 0 Å². The number of aliphatic hydroxyl groups excluding tert-OH is 3. The molecule has 1 aliphatic carbocycles. The van der Waals surface area contributed by atoms with Gasteiger partial charge in [-0.2, -0.15) is 0 Å². The number of hydrogen-bond donors (Lipinski definition) is 4. The summed E-state index contributed by atoms with van der Waals surface area (Å²) in [5.41, 5.74) is 0. The van der Waals surface area contributed by atoms with E-state index in [0.717, 1.165) is 83.5 Å². The van der Waals surface area contributed by atoms with E-state index < -0.39 is 50.8 Å². The first-order chi connectivity index (χ1) is 26.2. The second kappa shape index (κ2) is 30.4. The van der Waals surface area contributed by atoms with Crippen molar-refractivity contribution in [1.82, 2.24) is 0 Å². The number of carbonyl (C=O) groups excluding carboxylic acids is 2. The highest BCUT2D eigenvalue weighted by atomic mass is 31.2. The molecule has 55 heavy (non-hydrogen) atoms. The highest BCUT2D eigenvalue weighted by Gasteiger charge is 2.39. The fourth-order valence-electron chi connectivity index (χ4n) is 6.62. The molecular formula is C42H79NO11P+. The molecule has 13 heteroatoms. The molecule has 1 fully saturated rings. The number of phosphoric ester groups is 1. The van der Waals surface area contributed by atoms with Crippen LogP contribution in [-0.2, 0) is 32.7 Å². The summed E-state index contributed by atoms with van der Waals surface area (Å²) in [7, 11) is 1.35. The lowest BCUT2D eigenvalue weighted by atomic mass is 9.88. The maximum atomic E-state index is 12.7.